The fourth-order valence-electron chi connectivity index (χ4n) is 2.18. The molecule has 0 spiro atoms. The van der Waals surface area contributed by atoms with Gasteiger partial charge in [0.1, 0.15) is 0 Å². The summed E-state index contributed by atoms with van der Waals surface area (Å²) in [5, 5.41) is 0. The van der Waals surface area contributed by atoms with Gasteiger partial charge in [-0.05, 0) is 0 Å². The minimum absolute atomic E-state index is 0. The van der Waals surface area contributed by atoms with Crippen LogP contribution in [-0.4, -0.2) is 14.7 Å². The number of benzene rings is 3. The van der Waals surface area contributed by atoms with Crippen LogP contribution in [0.1, 0.15) is 1.43 Å². The Morgan fingerprint density at radius 3 is 0.947 bits per heavy atom. The van der Waals surface area contributed by atoms with Gasteiger partial charge in [0.2, 0.25) is 0 Å². The van der Waals surface area contributed by atoms with Crippen molar-refractivity contribution in [3.05, 3.63) is 91.0 Å². The maximum atomic E-state index is 2.26. The van der Waals surface area contributed by atoms with E-state index in [9.17, 15) is 0 Å². The fourth-order valence-corrected chi connectivity index (χ4v) is 7.02. The summed E-state index contributed by atoms with van der Waals surface area (Å²) in [6.45, 7) is 0. The van der Waals surface area contributed by atoms with Gasteiger partial charge in [0.15, 0.2) is 0 Å². The van der Waals surface area contributed by atoms with Crippen LogP contribution in [0.2, 0.25) is 0 Å². The van der Waals surface area contributed by atoms with E-state index in [0.717, 1.165) is 0 Å². The first-order valence-electron chi connectivity index (χ1n) is 6.40. The summed E-state index contributed by atoms with van der Waals surface area (Å²) < 4.78 is 4.44. The molecule has 19 heavy (non-hydrogen) atoms. The summed E-state index contributed by atoms with van der Waals surface area (Å²) in [4.78, 5) is 0. The van der Waals surface area contributed by atoms with Crippen LogP contribution in [0, 0.1) is 0 Å². The second kappa shape index (κ2) is 5.91. The summed E-state index contributed by atoms with van der Waals surface area (Å²) in [7, 11) is 0. The minimum atomic E-state index is -1.39. The summed E-state index contributed by atoms with van der Waals surface area (Å²) in [5.74, 6) is 0. The summed E-state index contributed by atoms with van der Waals surface area (Å²) in [6, 6.07) is 32.7. The molecule has 0 nitrogen and oxygen atoms in total. The molecular weight excluding hydrogens is 291 g/mol. The van der Waals surface area contributed by atoms with Crippen LogP contribution in [0.15, 0.2) is 91.0 Å². The molecule has 0 radical (unpaired) electrons. The SMILES string of the molecule is [HH].c1ccc([As](c2ccccc2)c2ccccc2)cc1. The molecule has 0 atom stereocenters. The van der Waals surface area contributed by atoms with Crippen molar-refractivity contribution in [2.75, 3.05) is 0 Å². The predicted octanol–water partition coefficient (Wildman–Crippen LogP) is 2.45. The molecule has 3 aromatic carbocycles. The monoisotopic (exact) mass is 308 g/mol. The molecule has 0 N–H and O–H groups in total. The van der Waals surface area contributed by atoms with Gasteiger partial charge in [-0.1, -0.05) is 0 Å². The van der Waals surface area contributed by atoms with Crippen molar-refractivity contribution in [3.8, 4) is 0 Å². The van der Waals surface area contributed by atoms with E-state index in [0.29, 0.717) is 0 Å². The standard InChI is InChI=1S/C18H15As.H2/c1-4-10-16(11-5-1)19(17-12-6-2-7-13-17)18-14-8-3-9-15-18;/h1-15H;1H. The van der Waals surface area contributed by atoms with Crippen molar-refractivity contribution < 1.29 is 1.43 Å². The number of rotatable bonds is 3. The van der Waals surface area contributed by atoms with Crippen molar-refractivity contribution >= 4 is 27.7 Å². The molecule has 0 saturated carbocycles. The molecule has 0 aliphatic carbocycles. The average molecular weight is 308 g/mol. The Bertz CT molecular complexity index is 529. The van der Waals surface area contributed by atoms with Gasteiger partial charge < -0.3 is 0 Å². The zero-order valence-corrected chi connectivity index (χ0v) is 12.5. The molecule has 0 unspecified atom stereocenters. The van der Waals surface area contributed by atoms with Gasteiger partial charge in [0, 0.05) is 1.43 Å². The molecule has 0 heterocycles. The van der Waals surface area contributed by atoms with Crippen molar-refractivity contribution in [2.45, 2.75) is 0 Å². The quantitative estimate of drug-likeness (QED) is 0.652. The van der Waals surface area contributed by atoms with Gasteiger partial charge in [-0.25, -0.2) is 0 Å². The molecule has 0 saturated heterocycles. The summed E-state index contributed by atoms with van der Waals surface area (Å²) in [5.41, 5.74) is 0. The zero-order chi connectivity index (χ0) is 12.9. The van der Waals surface area contributed by atoms with E-state index in [-0.39, 0.29) is 1.43 Å². The molecule has 0 fully saturated rings. The molecule has 0 aliphatic heterocycles. The van der Waals surface area contributed by atoms with E-state index in [1.54, 1.807) is 0 Å². The second-order valence-electron chi connectivity index (χ2n) is 4.34. The molecule has 3 rings (SSSR count). The first kappa shape index (κ1) is 12.3. The Labute approximate surface area is 120 Å². The van der Waals surface area contributed by atoms with Crippen molar-refractivity contribution in [2.24, 2.45) is 0 Å². The van der Waals surface area contributed by atoms with Gasteiger partial charge in [-0.15, -0.1) is 0 Å². The van der Waals surface area contributed by atoms with Crippen LogP contribution in [0.5, 0.6) is 0 Å². The van der Waals surface area contributed by atoms with E-state index < -0.39 is 14.7 Å². The third-order valence-electron chi connectivity index (χ3n) is 3.04. The first-order valence-corrected chi connectivity index (χ1v) is 9.22. The Kier molecular flexibility index (Phi) is 3.81. The molecule has 1 heteroatoms. The summed E-state index contributed by atoms with van der Waals surface area (Å²) in [6.07, 6.45) is 0. The Hall–Kier alpha value is -1.78. The van der Waals surface area contributed by atoms with Crippen LogP contribution in [0.4, 0.5) is 0 Å². The van der Waals surface area contributed by atoms with Crippen molar-refractivity contribution in [1.29, 1.82) is 0 Å². The molecule has 94 valence electrons. The van der Waals surface area contributed by atoms with Crippen molar-refractivity contribution in [3.63, 3.8) is 0 Å². The van der Waals surface area contributed by atoms with E-state index in [2.05, 4.69) is 91.0 Å². The molecule has 0 bridgehead atoms. The Morgan fingerprint density at radius 2 is 0.684 bits per heavy atom. The van der Waals surface area contributed by atoms with Gasteiger partial charge in [-0.3, -0.25) is 0 Å². The fraction of sp³-hybridized carbons (Fsp3) is 0. The van der Waals surface area contributed by atoms with Crippen LogP contribution in [-0.2, 0) is 0 Å². The van der Waals surface area contributed by atoms with E-state index >= 15 is 0 Å². The van der Waals surface area contributed by atoms with Gasteiger partial charge in [0.25, 0.3) is 0 Å². The van der Waals surface area contributed by atoms with Crippen LogP contribution < -0.4 is 13.1 Å². The van der Waals surface area contributed by atoms with Crippen molar-refractivity contribution in [1.82, 2.24) is 0 Å². The molecular formula is C18H17As. The zero-order valence-electron chi connectivity index (χ0n) is 10.6. The van der Waals surface area contributed by atoms with Crippen LogP contribution >= 0.6 is 0 Å². The second-order valence-corrected chi connectivity index (χ2v) is 9.00. The van der Waals surface area contributed by atoms with Gasteiger partial charge >= 0.3 is 119 Å². The number of hydrogen-bond donors (Lipinski definition) is 0. The third kappa shape index (κ3) is 2.80. The topological polar surface area (TPSA) is 0 Å². The van der Waals surface area contributed by atoms with E-state index in [4.69, 9.17) is 0 Å². The maximum absolute atomic E-state index is 2.26. The first-order chi connectivity index (χ1) is 9.45. The average Bonchev–Trinajstić information content (AvgIpc) is 2.51. The Balaban J connectivity index is 0.00000147. The molecule has 0 amide bonds. The number of hydrogen-bond acceptors (Lipinski definition) is 0. The van der Waals surface area contributed by atoms with Crippen LogP contribution in [0.25, 0.3) is 0 Å². The molecule has 0 aliphatic rings. The Morgan fingerprint density at radius 1 is 0.421 bits per heavy atom. The van der Waals surface area contributed by atoms with E-state index in [1.807, 2.05) is 0 Å². The van der Waals surface area contributed by atoms with E-state index in [1.165, 1.54) is 13.1 Å². The molecule has 3 aromatic rings. The normalized spacial score (nSPS) is 10.6. The van der Waals surface area contributed by atoms with Crippen LogP contribution in [0.3, 0.4) is 0 Å². The predicted molar refractivity (Wildman–Crippen MR) is 86.1 cm³/mol. The van der Waals surface area contributed by atoms with Gasteiger partial charge in [-0.2, -0.15) is 0 Å². The van der Waals surface area contributed by atoms with Gasteiger partial charge in [0.05, 0.1) is 0 Å². The molecule has 0 aromatic heterocycles. The third-order valence-corrected chi connectivity index (χ3v) is 8.17. The summed E-state index contributed by atoms with van der Waals surface area (Å²) >= 11 is -1.39.